The summed E-state index contributed by atoms with van der Waals surface area (Å²) in [5.41, 5.74) is 0.527. The maximum Gasteiger partial charge on any atom is 0.314 e. The van der Waals surface area contributed by atoms with Crippen LogP contribution in [0.25, 0.3) is 0 Å². The van der Waals surface area contributed by atoms with Gasteiger partial charge in [-0.05, 0) is 36.2 Å². The van der Waals surface area contributed by atoms with E-state index >= 15 is 0 Å². The molecule has 0 atom stereocenters. The fourth-order valence-electron chi connectivity index (χ4n) is 1.66. The minimum atomic E-state index is -0.694. The zero-order chi connectivity index (χ0) is 14.7. The number of nitrogens with zero attached hydrogens (tertiary/aromatic N) is 1. The molecule has 0 fully saturated rings. The first-order chi connectivity index (χ1) is 9.51. The Morgan fingerprint density at radius 1 is 1.30 bits per heavy atom. The lowest BCUT2D eigenvalue weighted by Gasteiger charge is -2.08. The molecule has 2 aromatic carbocycles. The number of ether oxygens (including phenoxy) is 1. The number of hydrogen-bond donors (Lipinski definition) is 1. The van der Waals surface area contributed by atoms with Crippen LogP contribution in [-0.2, 0) is 6.61 Å². The van der Waals surface area contributed by atoms with E-state index in [1.165, 1.54) is 13.0 Å². The summed E-state index contributed by atoms with van der Waals surface area (Å²) < 4.78 is 18.8. The summed E-state index contributed by atoms with van der Waals surface area (Å²) in [5, 5.41) is 19.8. The largest absolute Gasteiger partial charge is 0.450 e. The van der Waals surface area contributed by atoms with Gasteiger partial charge in [0.05, 0.1) is 17.6 Å². The van der Waals surface area contributed by atoms with Crippen molar-refractivity contribution in [1.82, 2.24) is 0 Å². The molecule has 0 spiro atoms. The van der Waals surface area contributed by atoms with Gasteiger partial charge in [0, 0.05) is 0 Å². The molecule has 2 rings (SSSR count). The number of benzene rings is 2. The Morgan fingerprint density at radius 3 is 2.50 bits per heavy atom. The second-order valence-electron chi connectivity index (χ2n) is 4.23. The highest BCUT2D eigenvalue weighted by atomic mass is 19.1. The Bertz CT molecular complexity index is 640. The SMILES string of the molecule is Cc1cc(Oc2ccc(CO)cc2)c([N+](=O)[O-])cc1F. The normalized spacial score (nSPS) is 10.3. The number of rotatable bonds is 4. The average molecular weight is 277 g/mol. The highest BCUT2D eigenvalue weighted by Crippen LogP contribution is 2.33. The maximum atomic E-state index is 13.4. The summed E-state index contributed by atoms with van der Waals surface area (Å²) in [6.07, 6.45) is 0. The van der Waals surface area contributed by atoms with Crippen molar-refractivity contribution in [1.29, 1.82) is 0 Å². The first kappa shape index (κ1) is 14.0. The number of nitro benzene ring substituents is 1. The van der Waals surface area contributed by atoms with Crippen LogP contribution in [-0.4, -0.2) is 10.0 Å². The van der Waals surface area contributed by atoms with Gasteiger partial charge in [-0.2, -0.15) is 0 Å². The van der Waals surface area contributed by atoms with Crippen molar-refractivity contribution in [2.75, 3.05) is 0 Å². The molecule has 104 valence electrons. The van der Waals surface area contributed by atoms with Crippen LogP contribution in [0.5, 0.6) is 11.5 Å². The molecule has 1 N–H and O–H groups in total. The second-order valence-corrected chi connectivity index (χ2v) is 4.23. The van der Waals surface area contributed by atoms with Crippen LogP contribution in [0.2, 0.25) is 0 Å². The lowest BCUT2D eigenvalue weighted by atomic mass is 10.2. The number of aliphatic hydroxyl groups is 1. The first-order valence-electron chi connectivity index (χ1n) is 5.83. The summed E-state index contributed by atoms with van der Waals surface area (Å²) in [6, 6.07) is 8.55. The Morgan fingerprint density at radius 2 is 1.95 bits per heavy atom. The van der Waals surface area contributed by atoms with Gasteiger partial charge < -0.3 is 9.84 Å². The number of hydrogen-bond acceptors (Lipinski definition) is 4. The van der Waals surface area contributed by atoms with Crippen molar-refractivity contribution in [2.45, 2.75) is 13.5 Å². The number of aliphatic hydroxyl groups excluding tert-OH is 1. The Balaban J connectivity index is 2.36. The van der Waals surface area contributed by atoms with Gasteiger partial charge in [0.1, 0.15) is 11.6 Å². The van der Waals surface area contributed by atoms with Crippen molar-refractivity contribution >= 4 is 5.69 Å². The fraction of sp³-hybridized carbons (Fsp3) is 0.143. The fourth-order valence-corrected chi connectivity index (χ4v) is 1.66. The molecule has 0 aliphatic rings. The first-order valence-corrected chi connectivity index (χ1v) is 5.83. The third kappa shape index (κ3) is 2.92. The summed E-state index contributed by atoms with van der Waals surface area (Å²) in [7, 11) is 0. The highest BCUT2D eigenvalue weighted by Gasteiger charge is 2.19. The molecule has 0 saturated heterocycles. The molecule has 0 aliphatic heterocycles. The molecule has 5 nitrogen and oxygen atoms in total. The molecule has 2 aromatic rings. The van der Waals surface area contributed by atoms with E-state index in [0.717, 1.165) is 6.07 Å². The molecule has 0 saturated carbocycles. The van der Waals surface area contributed by atoms with Crippen LogP contribution in [0.15, 0.2) is 36.4 Å². The predicted octanol–water partition coefficient (Wildman–Crippen LogP) is 3.33. The van der Waals surface area contributed by atoms with Gasteiger partial charge in [0.15, 0.2) is 0 Å². The second kappa shape index (κ2) is 5.66. The van der Waals surface area contributed by atoms with Crippen LogP contribution >= 0.6 is 0 Å². The van der Waals surface area contributed by atoms with Gasteiger partial charge in [-0.1, -0.05) is 12.1 Å². The molecule has 20 heavy (non-hydrogen) atoms. The van der Waals surface area contributed by atoms with E-state index in [9.17, 15) is 14.5 Å². The highest BCUT2D eigenvalue weighted by molar-refractivity contribution is 5.51. The molecule has 0 heterocycles. The van der Waals surface area contributed by atoms with Gasteiger partial charge in [-0.15, -0.1) is 0 Å². The minimum Gasteiger partial charge on any atom is -0.450 e. The van der Waals surface area contributed by atoms with Gasteiger partial charge in [0.2, 0.25) is 5.75 Å². The van der Waals surface area contributed by atoms with E-state index in [1.807, 2.05) is 0 Å². The van der Waals surface area contributed by atoms with Crippen LogP contribution in [0.1, 0.15) is 11.1 Å². The molecule has 0 aromatic heterocycles. The standard InChI is InChI=1S/C14H12FNO4/c1-9-6-14(13(16(18)19)7-12(9)15)20-11-4-2-10(8-17)3-5-11/h2-7,17H,8H2,1H3. The van der Waals surface area contributed by atoms with Gasteiger partial charge in [-0.3, -0.25) is 10.1 Å². The number of halogens is 1. The van der Waals surface area contributed by atoms with E-state index in [4.69, 9.17) is 9.84 Å². The van der Waals surface area contributed by atoms with E-state index in [0.29, 0.717) is 11.3 Å². The molecule has 0 unspecified atom stereocenters. The molecule has 0 radical (unpaired) electrons. The molecular formula is C14H12FNO4. The van der Waals surface area contributed by atoms with E-state index in [1.54, 1.807) is 24.3 Å². The average Bonchev–Trinajstić information content (AvgIpc) is 2.43. The molecular weight excluding hydrogens is 265 g/mol. The molecule has 0 bridgehead atoms. The van der Waals surface area contributed by atoms with Crippen LogP contribution in [0.4, 0.5) is 10.1 Å². The topological polar surface area (TPSA) is 72.6 Å². The van der Waals surface area contributed by atoms with Crippen LogP contribution < -0.4 is 4.74 Å². The third-order valence-electron chi connectivity index (χ3n) is 2.77. The monoisotopic (exact) mass is 277 g/mol. The smallest absolute Gasteiger partial charge is 0.314 e. The lowest BCUT2D eigenvalue weighted by molar-refractivity contribution is -0.385. The number of nitro groups is 1. The van der Waals surface area contributed by atoms with E-state index in [2.05, 4.69) is 0 Å². The van der Waals surface area contributed by atoms with E-state index in [-0.39, 0.29) is 17.9 Å². The summed E-state index contributed by atoms with van der Waals surface area (Å²) >= 11 is 0. The Hall–Kier alpha value is -2.47. The van der Waals surface area contributed by atoms with Gasteiger partial charge in [-0.25, -0.2) is 4.39 Å². The van der Waals surface area contributed by atoms with Crippen molar-refractivity contribution in [2.24, 2.45) is 0 Å². The zero-order valence-corrected chi connectivity index (χ0v) is 10.7. The van der Waals surface area contributed by atoms with Crippen molar-refractivity contribution in [3.63, 3.8) is 0 Å². The maximum absolute atomic E-state index is 13.4. The van der Waals surface area contributed by atoms with Gasteiger partial charge in [0.25, 0.3) is 0 Å². The van der Waals surface area contributed by atoms with Gasteiger partial charge >= 0.3 is 5.69 Å². The number of aryl methyl sites for hydroxylation is 1. The summed E-state index contributed by atoms with van der Waals surface area (Å²) in [4.78, 5) is 10.2. The molecule has 6 heteroatoms. The third-order valence-corrected chi connectivity index (χ3v) is 2.77. The summed E-state index contributed by atoms with van der Waals surface area (Å²) in [6.45, 7) is 1.40. The van der Waals surface area contributed by atoms with Crippen LogP contribution in [0.3, 0.4) is 0 Å². The lowest BCUT2D eigenvalue weighted by Crippen LogP contribution is -1.96. The van der Waals surface area contributed by atoms with Crippen LogP contribution in [0, 0.1) is 22.9 Å². The molecule has 0 amide bonds. The minimum absolute atomic E-state index is 0.0225. The predicted molar refractivity (Wildman–Crippen MR) is 70.2 cm³/mol. The quantitative estimate of drug-likeness (QED) is 0.687. The van der Waals surface area contributed by atoms with Crippen molar-refractivity contribution < 1.29 is 19.2 Å². The zero-order valence-electron chi connectivity index (χ0n) is 10.7. The Labute approximate surface area is 114 Å². The van der Waals surface area contributed by atoms with Crippen molar-refractivity contribution in [3.8, 4) is 11.5 Å². The Kier molecular flexibility index (Phi) is 3.95. The van der Waals surface area contributed by atoms with E-state index < -0.39 is 16.4 Å². The summed E-state index contributed by atoms with van der Waals surface area (Å²) in [5.74, 6) is -0.304. The van der Waals surface area contributed by atoms with Crippen molar-refractivity contribution in [3.05, 3.63) is 63.5 Å². The molecule has 0 aliphatic carbocycles.